The van der Waals surface area contributed by atoms with Gasteiger partial charge in [0.1, 0.15) is 0 Å². The fourth-order valence-corrected chi connectivity index (χ4v) is 2.71. The van der Waals surface area contributed by atoms with Crippen molar-refractivity contribution in [3.05, 3.63) is 23.5 Å². The molecule has 20 heavy (non-hydrogen) atoms. The van der Waals surface area contributed by atoms with Crippen molar-refractivity contribution in [3.63, 3.8) is 0 Å². The second-order valence-corrected chi connectivity index (χ2v) is 6.34. The van der Waals surface area contributed by atoms with Crippen LogP contribution in [-0.2, 0) is 6.54 Å². The van der Waals surface area contributed by atoms with Gasteiger partial charge in [-0.2, -0.15) is 0 Å². The molecule has 0 unspecified atom stereocenters. The second-order valence-electron chi connectivity index (χ2n) is 6.34. The minimum atomic E-state index is -0.208. The molecule has 1 N–H and O–H groups in total. The fraction of sp³-hybridized carbons (Fsp3) is 0.688. The number of aromatic nitrogens is 1. The third-order valence-electron chi connectivity index (χ3n) is 3.77. The third-order valence-corrected chi connectivity index (χ3v) is 3.77. The Hall–Kier alpha value is -1.13. The predicted octanol–water partition coefficient (Wildman–Crippen LogP) is 2.23. The summed E-state index contributed by atoms with van der Waals surface area (Å²) in [6.07, 6.45) is 1.76. The highest BCUT2D eigenvalue weighted by Crippen LogP contribution is 2.26. The summed E-state index contributed by atoms with van der Waals surface area (Å²) in [5.74, 6) is 0.442. The molecule has 0 radical (unpaired) electrons. The Balaban J connectivity index is 2.30. The minimum absolute atomic E-state index is 0.208. The molecule has 0 aromatic carbocycles. The van der Waals surface area contributed by atoms with Gasteiger partial charge in [-0.3, -0.25) is 4.98 Å². The van der Waals surface area contributed by atoms with Gasteiger partial charge in [-0.25, -0.2) is 0 Å². The number of aliphatic hydroxyl groups is 1. The van der Waals surface area contributed by atoms with Crippen molar-refractivity contribution >= 4 is 5.69 Å². The predicted molar refractivity (Wildman–Crippen MR) is 83.2 cm³/mol. The van der Waals surface area contributed by atoms with Gasteiger partial charge in [0, 0.05) is 25.3 Å². The van der Waals surface area contributed by atoms with Crippen LogP contribution in [0.3, 0.4) is 0 Å². The topological polar surface area (TPSA) is 39.6 Å². The number of piperidine rings is 1. The van der Waals surface area contributed by atoms with Crippen LogP contribution >= 0.6 is 0 Å². The monoisotopic (exact) mass is 277 g/mol. The summed E-state index contributed by atoms with van der Waals surface area (Å²) < 4.78 is 0. The van der Waals surface area contributed by atoms with Gasteiger partial charge >= 0.3 is 0 Å². The van der Waals surface area contributed by atoms with Crippen LogP contribution in [0.15, 0.2) is 12.1 Å². The first kappa shape index (κ1) is 15.3. The van der Waals surface area contributed by atoms with Gasteiger partial charge in [-0.1, -0.05) is 13.8 Å². The van der Waals surface area contributed by atoms with Crippen LogP contribution in [0, 0.1) is 0 Å². The van der Waals surface area contributed by atoms with Gasteiger partial charge < -0.3 is 14.9 Å². The number of pyridine rings is 1. The molecule has 0 saturated carbocycles. The molecule has 0 spiro atoms. The van der Waals surface area contributed by atoms with Gasteiger partial charge in [0.2, 0.25) is 0 Å². The summed E-state index contributed by atoms with van der Waals surface area (Å²) in [4.78, 5) is 9.28. The molecule has 1 saturated heterocycles. The Bertz CT molecular complexity index is 445. The van der Waals surface area contributed by atoms with Crippen LogP contribution in [0.25, 0.3) is 0 Å². The number of anilines is 1. The van der Waals surface area contributed by atoms with Crippen molar-refractivity contribution in [2.45, 2.75) is 45.3 Å². The van der Waals surface area contributed by atoms with Crippen LogP contribution < -0.4 is 4.90 Å². The average Bonchev–Trinajstić information content (AvgIpc) is 2.37. The van der Waals surface area contributed by atoms with E-state index in [1.807, 2.05) is 0 Å². The standard InChI is InChI=1S/C16H27N3O/c1-12(2)14-7-8-16(15(17-14)11-18(3)4)19-9-5-6-13(20)10-19/h7-8,12-13,20H,5-6,9-11H2,1-4H3/t13-/m1/s1. The van der Waals surface area contributed by atoms with E-state index >= 15 is 0 Å². The van der Waals surface area contributed by atoms with Gasteiger partial charge in [0.05, 0.1) is 17.5 Å². The highest BCUT2D eigenvalue weighted by atomic mass is 16.3. The van der Waals surface area contributed by atoms with E-state index < -0.39 is 0 Å². The lowest BCUT2D eigenvalue weighted by molar-refractivity contribution is 0.154. The molecule has 4 nitrogen and oxygen atoms in total. The Labute approximate surface area is 122 Å². The Morgan fingerprint density at radius 3 is 2.75 bits per heavy atom. The van der Waals surface area contributed by atoms with Crippen LogP contribution in [0.5, 0.6) is 0 Å². The Kier molecular flexibility index (Phi) is 5.00. The smallest absolute Gasteiger partial charge is 0.0780 e. The summed E-state index contributed by atoms with van der Waals surface area (Å²) in [5.41, 5.74) is 3.44. The van der Waals surface area contributed by atoms with Crippen LogP contribution in [0.1, 0.15) is 44.0 Å². The zero-order chi connectivity index (χ0) is 14.7. The molecule has 0 bridgehead atoms. The summed E-state index contributed by atoms with van der Waals surface area (Å²) in [7, 11) is 4.14. The van der Waals surface area contributed by atoms with Crippen molar-refractivity contribution in [2.24, 2.45) is 0 Å². The quantitative estimate of drug-likeness (QED) is 0.916. The third kappa shape index (κ3) is 3.70. The van der Waals surface area contributed by atoms with E-state index in [9.17, 15) is 5.11 Å². The first-order valence-corrected chi connectivity index (χ1v) is 7.55. The molecule has 2 heterocycles. The molecule has 1 fully saturated rings. The molecule has 1 atom stereocenters. The van der Waals surface area contributed by atoms with Gasteiger partial charge in [0.15, 0.2) is 0 Å². The lowest BCUT2D eigenvalue weighted by Gasteiger charge is -2.33. The Morgan fingerprint density at radius 2 is 2.15 bits per heavy atom. The molecule has 1 aromatic rings. The minimum Gasteiger partial charge on any atom is -0.391 e. The normalized spacial score (nSPS) is 19.9. The number of rotatable bonds is 4. The molecule has 0 aliphatic carbocycles. The largest absolute Gasteiger partial charge is 0.391 e. The lowest BCUT2D eigenvalue weighted by Crippen LogP contribution is -2.39. The molecule has 112 valence electrons. The number of aliphatic hydroxyl groups excluding tert-OH is 1. The van der Waals surface area contributed by atoms with Crippen molar-refractivity contribution in [3.8, 4) is 0 Å². The van der Waals surface area contributed by atoms with Crippen LogP contribution in [0.4, 0.5) is 5.69 Å². The second kappa shape index (κ2) is 6.55. The van der Waals surface area contributed by atoms with Crippen molar-refractivity contribution < 1.29 is 5.11 Å². The van der Waals surface area contributed by atoms with E-state index in [0.29, 0.717) is 5.92 Å². The van der Waals surface area contributed by atoms with Crippen molar-refractivity contribution in [1.82, 2.24) is 9.88 Å². The maximum atomic E-state index is 9.88. The lowest BCUT2D eigenvalue weighted by atomic mass is 10.1. The molecular formula is C16H27N3O. The highest BCUT2D eigenvalue weighted by Gasteiger charge is 2.21. The van der Waals surface area contributed by atoms with Gasteiger partial charge in [-0.15, -0.1) is 0 Å². The van der Waals surface area contributed by atoms with Crippen LogP contribution in [-0.4, -0.2) is 48.3 Å². The van der Waals surface area contributed by atoms with E-state index in [-0.39, 0.29) is 6.10 Å². The number of nitrogens with zero attached hydrogens (tertiary/aromatic N) is 3. The molecule has 1 aromatic heterocycles. The maximum Gasteiger partial charge on any atom is 0.0780 e. The SMILES string of the molecule is CC(C)c1ccc(N2CCC[C@@H](O)C2)c(CN(C)C)n1. The van der Waals surface area contributed by atoms with E-state index in [1.165, 1.54) is 5.69 Å². The summed E-state index contributed by atoms with van der Waals surface area (Å²) in [6, 6.07) is 4.30. The zero-order valence-corrected chi connectivity index (χ0v) is 13.1. The van der Waals surface area contributed by atoms with Crippen LogP contribution in [0.2, 0.25) is 0 Å². The van der Waals surface area contributed by atoms with E-state index in [2.05, 4.69) is 49.9 Å². The highest BCUT2D eigenvalue weighted by molar-refractivity contribution is 5.52. The van der Waals surface area contributed by atoms with Crippen molar-refractivity contribution in [1.29, 1.82) is 0 Å². The van der Waals surface area contributed by atoms with Gasteiger partial charge in [0.25, 0.3) is 0 Å². The molecule has 1 aliphatic rings. The first-order chi connectivity index (χ1) is 9.47. The summed E-state index contributed by atoms with van der Waals surface area (Å²) in [5, 5.41) is 9.88. The Morgan fingerprint density at radius 1 is 1.40 bits per heavy atom. The van der Waals surface area contributed by atoms with Gasteiger partial charge in [-0.05, 0) is 45.0 Å². The summed E-state index contributed by atoms with van der Waals surface area (Å²) in [6.45, 7) is 6.92. The maximum absolute atomic E-state index is 9.88. The zero-order valence-electron chi connectivity index (χ0n) is 13.1. The number of hydrogen-bond donors (Lipinski definition) is 1. The van der Waals surface area contributed by atoms with E-state index in [4.69, 9.17) is 4.98 Å². The molecule has 0 amide bonds. The molecule has 2 rings (SSSR count). The van der Waals surface area contributed by atoms with E-state index in [0.717, 1.165) is 43.9 Å². The number of hydrogen-bond acceptors (Lipinski definition) is 4. The molecule has 4 heteroatoms. The average molecular weight is 277 g/mol. The van der Waals surface area contributed by atoms with Crippen molar-refractivity contribution in [2.75, 3.05) is 32.1 Å². The fourth-order valence-electron chi connectivity index (χ4n) is 2.71. The number of β-amino-alcohol motifs (C(OH)–C–C–N with tert-alkyl or cyclic N) is 1. The first-order valence-electron chi connectivity index (χ1n) is 7.55. The molecular weight excluding hydrogens is 250 g/mol. The van der Waals surface area contributed by atoms with E-state index in [1.54, 1.807) is 0 Å². The summed E-state index contributed by atoms with van der Waals surface area (Å²) >= 11 is 0. The molecule has 1 aliphatic heterocycles.